The summed E-state index contributed by atoms with van der Waals surface area (Å²) < 4.78 is 6.96. The monoisotopic (exact) mass is 399 g/mol. The molecular weight excluding hydrogens is 374 g/mol. The third kappa shape index (κ3) is 3.83. The van der Waals surface area contributed by atoms with Crippen molar-refractivity contribution in [2.45, 2.75) is 38.0 Å². The topological polar surface area (TPSA) is 81.5 Å². The highest BCUT2D eigenvalue weighted by atomic mass is 32.1. The summed E-state index contributed by atoms with van der Waals surface area (Å²) in [6, 6.07) is 6.20. The number of piperidine rings is 1. The van der Waals surface area contributed by atoms with Crippen molar-refractivity contribution in [3.63, 3.8) is 0 Å². The Morgan fingerprint density at radius 3 is 2.89 bits per heavy atom. The maximum atomic E-state index is 12.9. The molecule has 0 saturated carbocycles. The van der Waals surface area contributed by atoms with Crippen molar-refractivity contribution in [2.24, 2.45) is 0 Å². The first kappa shape index (κ1) is 19.1. The Balaban J connectivity index is 1.50. The highest BCUT2D eigenvalue weighted by molar-refractivity contribution is 7.17. The number of nitrogens with zero attached hydrogens (tertiary/aromatic N) is 4. The minimum absolute atomic E-state index is 0.0275. The molecule has 1 unspecified atom stereocenters. The molecule has 7 nitrogen and oxygen atoms in total. The van der Waals surface area contributed by atoms with E-state index in [9.17, 15) is 10.1 Å². The normalized spacial score (nSPS) is 24.2. The van der Waals surface area contributed by atoms with Crippen molar-refractivity contribution >= 4 is 33.1 Å². The molecule has 0 radical (unpaired) electrons. The van der Waals surface area contributed by atoms with Crippen LogP contribution in [0.15, 0.2) is 17.6 Å². The van der Waals surface area contributed by atoms with Crippen molar-refractivity contribution in [2.75, 3.05) is 38.1 Å². The minimum Gasteiger partial charge on any atom is -0.365 e. The number of hydrogen-bond donors (Lipinski definition) is 1. The fourth-order valence-corrected chi connectivity index (χ4v) is 4.87. The molecule has 2 atom stereocenters. The maximum absolute atomic E-state index is 12.9. The average molecular weight is 400 g/mol. The van der Waals surface area contributed by atoms with Crippen molar-refractivity contribution in [1.82, 2.24) is 15.2 Å². The summed E-state index contributed by atoms with van der Waals surface area (Å²) in [5.74, 6) is -0.0275. The number of anilines is 1. The Labute approximate surface area is 168 Å². The first-order chi connectivity index (χ1) is 13.5. The Morgan fingerprint density at radius 2 is 2.14 bits per heavy atom. The van der Waals surface area contributed by atoms with Gasteiger partial charge in [-0.25, -0.2) is 4.98 Å². The van der Waals surface area contributed by atoms with Gasteiger partial charge < -0.3 is 19.9 Å². The number of hydrogen-bond acceptors (Lipinski definition) is 7. The minimum atomic E-state index is -0.498. The smallest absolute Gasteiger partial charge is 0.251 e. The van der Waals surface area contributed by atoms with E-state index in [1.807, 2.05) is 19.1 Å². The molecule has 1 N–H and O–H groups in total. The number of nitriles is 1. The van der Waals surface area contributed by atoms with E-state index < -0.39 is 6.10 Å². The SMILES string of the molecule is CC1CN(c2ccc(C#N)c3ncsc23)C[C@H](C(=O)NC2CCN(C)CC2)O1. The van der Waals surface area contributed by atoms with Crippen LogP contribution in [0.25, 0.3) is 10.2 Å². The molecule has 0 spiro atoms. The van der Waals surface area contributed by atoms with Gasteiger partial charge in [0.1, 0.15) is 11.6 Å². The summed E-state index contributed by atoms with van der Waals surface area (Å²) >= 11 is 1.53. The fourth-order valence-electron chi connectivity index (χ4n) is 4.02. The van der Waals surface area contributed by atoms with Gasteiger partial charge >= 0.3 is 0 Å². The van der Waals surface area contributed by atoms with Crippen LogP contribution in [0.1, 0.15) is 25.3 Å². The summed E-state index contributed by atoms with van der Waals surface area (Å²) in [6.07, 6.45) is 1.40. The first-order valence-electron chi connectivity index (χ1n) is 9.70. The van der Waals surface area contributed by atoms with Crippen LogP contribution in [0.5, 0.6) is 0 Å². The lowest BCUT2D eigenvalue weighted by Crippen LogP contribution is -2.55. The largest absolute Gasteiger partial charge is 0.365 e. The van der Waals surface area contributed by atoms with E-state index in [4.69, 9.17) is 4.74 Å². The number of carbonyl (C=O) groups is 1. The number of rotatable bonds is 3. The van der Waals surface area contributed by atoms with Gasteiger partial charge in [-0.1, -0.05) is 0 Å². The molecular formula is C20H25N5O2S. The van der Waals surface area contributed by atoms with Crippen LogP contribution in [0.4, 0.5) is 5.69 Å². The van der Waals surface area contributed by atoms with E-state index in [2.05, 4.69) is 33.2 Å². The molecule has 2 saturated heterocycles. The van der Waals surface area contributed by atoms with Gasteiger partial charge in [-0.2, -0.15) is 5.26 Å². The van der Waals surface area contributed by atoms with Crippen molar-refractivity contribution in [1.29, 1.82) is 5.26 Å². The third-order valence-electron chi connectivity index (χ3n) is 5.54. The van der Waals surface area contributed by atoms with Gasteiger partial charge in [0.15, 0.2) is 6.10 Å². The average Bonchev–Trinajstić information content (AvgIpc) is 3.18. The van der Waals surface area contributed by atoms with E-state index in [1.54, 1.807) is 5.51 Å². The van der Waals surface area contributed by atoms with E-state index >= 15 is 0 Å². The number of nitrogens with one attached hydrogen (secondary N) is 1. The molecule has 8 heteroatoms. The molecule has 3 heterocycles. The van der Waals surface area contributed by atoms with Crippen molar-refractivity contribution in [3.8, 4) is 6.07 Å². The first-order valence-corrected chi connectivity index (χ1v) is 10.6. The standard InChI is InChI=1S/C20H25N5O2S/c1-13-10-25(16-4-3-14(9-21)18-19(16)28-12-22-18)11-17(27-13)20(26)23-15-5-7-24(2)8-6-15/h3-4,12-13,15,17H,5-8,10-11H2,1-2H3,(H,23,26)/t13?,17-/m1/s1. The molecule has 2 aliphatic heterocycles. The van der Waals surface area contributed by atoms with Gasteiger partial charge in [0, 0.05) is 12.6 Å². The summed E-state index contributed by atoms with van der Waals surface area (Å²) in [4.78, 5) is 21.7. The van der Waals surface area contributed by atoms with Gasteiger partial charge in [-0.05, 0) is 52.0 Å². The van der Waals surface area contributed by atoms with Gasteiger partial charge in [-0.3, -0.25) is 4.79 Å². The molecule has 2 fully saturated rings. The van der Waals surface area contributed by atoms with Crippen LogP contribution >= 0.6 is 11.3 Å². The predicted octanol–water partition coefficient (Wildman–Crippen LogP) is 1.97. The second-order valence-electron chi connectivity index (χ2n) is 7.70. The summed E-state index contributed by atoms with van der Waals surface area (Å²) in [5.41, 5.74) is 4.10. The fraction of sp³-hybridized carbons (Fsp3) is 0.550. The van der Waals surface area contributed by atoms with Crippen LogP contribution in [-0.4, -0.2) is 67.3 Å². The lowest BCUT2D eigenvalue weighted by Gasteiger charge is -2.38. The van der Waals surface area contributed by atoms with Crippen LogP contribution < -0.4 is 10.2 Å². The number of thiazole rings is 1. The lowest BCUT2D eigenvalue weighted by molar-refractivity contribution is -0.138. The Bertz CT molecular complexity index is 900. The van der Waals surface area contributed by atoms with E-state index in [1.165, 1.54) is 11.3 Å². The summed E-state index contributed by atoms with van der Waals surface area (Å²) in [6.45, 7) is 5.22. The maximum Gasteiger partial charge on any atom is 0.251 e. The Hall–Kier alpha value is -2.21. The van der Waals surface area contributed by atoms with Crippen LogP contribution in [-0.2, 0) is 9.53 Å². The molecule has 4 rings (SSSR count). The molecule has 1 aromatic heterocycles. The van der Waals surface area contributed by atoms with Gasteiger partial charge in [0.05, 0.1) is 34.1 Å². The second kappa shape index (κ2) is 8.03. The number of ether oxygens (including phenoxy) is 1. The lowest BCUT2D eigenvalue weighted by atomic mass is 10.0. The Morgan fingerprint density at radius 1 is 1.36 bits per heavy atom. The van der Waals surface area contributed by atoms with Crippen molar-refractivity contribution < 1.29 is 9.53 Å². The molecule has 28 heavy (non-hydrogen) atoms. The number of fused-ring (bicyclic) bond motifs is 1. The number of carbonyl (C=O) groups excluding carboxylic acids is 1. The molecule has 0 bridgehead atoms. The highest BCUT2D eigenvalue weighted by Crippen LogP contribution is 2.33. The molecule has 2 aromatic rings. The highest BCUT2D eigenvalue weighted by Gasteiger charge is 2.33. The quantitative estimate of drug-likeness (QED) is 0.850. The van der Waals surface area contributed by atoms with E-state index in [-0.39, 0.29) is 18.1 Å². The molecule has 148 valence electrons. The van der Waals surface area contributed by atoms with E-state index in [0.717, 1.165) is 41.8 Å². The Kier molecular flexibility index (Phi) is 5.49. The number of benzene rings is 1. The number of aromatic nitrogens is 1. The van der Waals surface area contributed by atoms with Gasteiger partial charge in [-0.15, -0.1) is 11.3 Å². The molecule has 0 aliphatic carbocycles. The second-order valence-corrected chi connectivity index (χ2v) is 8.56. The van der Waals surface area contributed by atoms with Crippen LogP contribution in [0, 0.1) is 11.3 Å². The number of amides is 1. The van der Waals surface area contributed by atoms with Gasteiger partial charge in [0.2, 0.25) is 0 Å². The van der Waals surface area contributed by atoms with E-state index in [0.29, 0.717) is 18.7 Å². The third-order valence-corrected chi connectivity index (χ3v) is 6.39. The zero-order valence-electron chi connectivity index (χ0n) is 16.2. The molecule has 2 aliphatic rings. The summed E-state index contributed by atoms with van der Waals surface area (Å²) in [5, 5.41) is 12.5. The number of likely N-dealkylation sites (tertiary alicyclic amines) is 1. The van der Waals surface area contributed by atoms with Crippen LogP contribution in [0.2, 0.25) is 0 Å². The van der Waals surface area contributed by atoms with Crippen molar-refractivity contribution in [3.05, 3.63) is 23.2 Å². The van der Waals surface area contributed by atoms with Crippen LogP contribution in [0.3, 0.4) is 0 Å². The molecule has 1 aromatic carbocycles. The molecule has 1 amide bonds. The predicted molar refractivity (Wildman–Crippen MR) is 110 cm³/mol. The zero-order valence-corrected chi connectivity index (χ0v) is 17.0. The zero-order chi connectivity index (χ0) is 19.7. The number of morpholine rings is 1. The summed E-state index contributed by atoms with van der Waals surface area (Å²) in [7, 11) is 2.11. The van der Waals surface area contributed by atoms with Gasteiger partial charge in [0.25, 0.3) is 5.91 Å².